The van der Waals surface area contributed by atoms with E-state index in [1.165, 1.54) is 0 Å². The summed E-state index contributed by atoms with van der Waals surface area (Å²) >= 11 is 0. The molecule has 29 heavy (non-hydrogen) atoms. The lowest BCUT2D eigenvalue weighted by molar-refractivity contribution is -0.150. The van der Waals surface area contributed by atoms with Crippen molar-refractivity contribution in [3.63, 3.8) is 0 Å². The molecule has 152 valence electrons. The number of esters is 1. The molecule has 0 spiro atoms. The van der Waals surface area contributed by atoms with Crippen LogP contribution in [0.5, 0.6) is 0 Å². The van der Waals surface area contributed by atoms with Crippen molar-refractivity contribution < 1.29 is 14.3 Å². The number of ether oxygens (including phenoxy) is 1. The van der Waals surface area contributed by atoms with Crippen LogP contribution in [-0.4, -0.2) is 24.0 Å². The van der Waals surface area contributed by atoms with Gasteiger partial charge in [0.1, 0.15) is 5.60 Å². The summed E-state index contributed by atoms with van der Waals surface area (Å²) in [6.45, 7) is 14.0. The van der Waals surface area contributed by atoms with Crippen LogP contribution >= 0.6 is 0 Å². The van der Waals surface area contributed by atoms with Crippen LogP contribution in [0, 0.1) is 0 Å². The molecule has 0 N–H and O–H groups in total. The van der Waals surface area contributed by atoms with E-state index >= 15 is 0 Å². The van der Waals surface area contributed by atoms with Gasteiger partial charge in [-0.3, -0.25) is 4.79 Å². The zero-order valence-corrected chi connectivity index (χ0v) is 17.9. The zero-order valence-electron chi connectivity index (χ0n) is 17.9. The molecule has 2 aromatic carbocycles. The highest BCUT2D eigenvalue weighted by atomic mass is 16.6. The first-order valence-corrected chi connectivity index (χ1v) is 9.99. The quantitative estimate of drug-likeness (QED) is 0.533. The van der Waals surface area contributed by atoms with E-state index in [2.05, 4.69) is 6.58 Å². The van der Waals surface area contributed by atoms with Gasteiger partial charge in [0.05, 0.1) is 5.41 Å². The van der Waals surface area contributed by atoms with Crippen molar-refractivity contribution >= 4 is 17.6 Å². The van der Waals surface area contributed by atoms with Crippen molar-refractivity contribution in [1.82, 2.24) is 0 Å². The smallest absolute Gasteiger partial charge is 0.334 e. The van der Waals surface area contributed by atoms with Gasteiger partial charge < -0.3 is 9.64 Å². The number of para-hydroxylation sites is 1. The molecular formula is C25H29NO3. The first kappa shape index (κ1) is 20.8. The Morgan fingerprint density at radius 3 is 2.28 bits per heavy atom. The summed E-state index contributed by atoms with van der Waals surface area (Å²) in [5.41, 5.74) is 1.35. The minimum absolute atomic E-state index is 0.0280. The van der Waals surface area contributed by atoms with E-state index in [9.17, 15) is 9.59 Å². The zero-order chi connectivity index (χ0) is 21.4. The Kier molecular flexibility index (Phi) is 5.40. The molecule has 0 radical (unpaired) electrons. The van der Waals surface area contributed by atoms with E-state index in [1.807, 2.05) is 89.2 Å². The Bertz CT molecular complexity index is 942. The molecule has 1 aliphatic heterocycles. The maximum Gasteiger partial charge on any atom is 0.334 e. The molecule has 0 fully saturated rings. The molecule has 0 unspecified atom stereocenters. The Labute approximate surface area is 173 Å². The molecule has 0 saturated carbocycles. The van der Waals surface area contributed by atoms with Crippen LogP contribution in [0.4, 0.5) is 5.69 Å². The van der Waals surface area contributed by atoms with E-state index < -0.39 is 22.9 Å². The molecule has 1 aliphatic rings. The van der Waals surface area contributed by atoms with E-state index in [0.29, 0.717) is 6.54 Å². The first-order chi connectivity index (χ1) is 13.6. The predicted molar refractivity (Wildman–Crippen MR) is 116 cm³/mol. The summed E-state index contributed by atoms with van der Waals surface area (Å²) in [5.74, 6) is -1.05. The van der Waals surface area contributed by atoms with Crippen LogP contribution in [0.1, 0.15) is 51.7 Å². The molecule has 3 rings (SSSR count). The fourth-order valence-electron chi connectivity index (χ4n) is 4.24. The molecule has 1 amide bonds. The highest BCUT2D eigenvalue weighted by Crippen LogP contribution is 2.52. The van der Waals surface area contributed by atoms with Gasteiger partial charge in [-0.05, 0) is 51.8 Å². The van der Waals surface area contributed by atoms with Crippen molar-refractivity contribution in [1.29, 1.82) is 0 Å². The molecule has 1 heterocycles. The molecule has 4 heteroatoms. The van der Waals surface area contributed by atoms with Crippen molar-refractivity contribution in [2.75, 3.05) is 11.4 Å². The Hall–Kier alpha value is -2.88. The Morgan fingerprint density at radius 2 is 1.69 bits per heavy atom. The summed E-state index contributed by atoms with van der Waals surface area (Å²) in [6.07, 6.45) is 0. The molecule has 0 saturated heterocycles. The summed E-state index contributed by atoms with van der Waals surface area (Å²) in [4.78, 5) is 28.5. The lowest BCUT2D eigenvalue weighted by Gasteiger charge is -2.35. The van der Waals surface area contributed by atoms with Gasteiger partial charge in [-0.15, -0.1) is 0 Å². The summed E-state index contributed by atoms with van der Waals surface area (Å²) < 4.78 is 5.62. The van der Waals surface area contributed by atoms with Crippen molar-refractivity contribution in [2.45, 2.75) is 51.6 Å². The molecule has 2 atom stereocenters. The first-order valence-electron chi connectivity index (χ1n) is 9.99. The number of anilines is 1. The average molecular weight is 392 g/mol. The lowest BCUT2D eigenvalue weighted by atomic mass is 9.66. The molecule has 4 nitrogen and oxygen atoms in total. The number of carbonyl (C=O) groups excluding carboxylic acids is 2. The lowest BCUT2D eigenvalue weighted by Crippen LogP contribution is -2.44. The molecule has 0 aromatic heterocycles. The largest absolute Gasteiger partial charge is 0.457 e. The molecule has 0 bridgehead atoms. The molecule has 0 aliphatic carbocycles. The normalized spacial score (nSPS) is 19.6. The number of hydrogen-bond acceptors (Lipinski definition) is 3. The topological polar surface area (TPSA) is 46.6 Å². The third kappa shape index (κ3) is 3.59. The van der Waals surface area contributed by atoms with Gasteiger partial charge in [0.15, 0.2) is 0 Å². The number of carbonyl (C=O) groups is 2. The maximum absolute atomic E-state index is 13.7. The second-order valence-corrected chi connectivity index (χ2v) is 8.64. The van der Waals surface area contributed by atoms with Gasteiger partial charge in [-0.1, -0.05) is 55.1 Å². The van der Waals surface area contributed by atoms with Crippen LogP contribution < -0.4 is 4.90 Å². The van der Waals surface area contributed by atoms with E-state index in [-0.39, 0.29) is 11.5 Å². The molecular weight excluding hydrogens is 362 g/mol. The highest BCUT2D eigenvalue weighted by molar-refractivity contribution is 6.10. The van der Waals surface area contributed by atoms with Gasteiger partial charge in [0, 0.05) is 23.7 Å². The number of amides is 1. The second-order valence-electron chi connectivity index (χ2n) is 8.64. The van der Waals surface area contributed by atoms with Gasteiger partial charge in [0.2, 0.25) is 5.91 Å². The van der Waals surface area contributed by atoms with Gasteiger partial charge >= 0.3 is 5.97 Å². The summed E-state index contributed by atoms with van der Waals surface area (Å²) in [7, 11) is 0. The van der Waals surface area contributed by atoms with Crippen LogP contribution in [-0.2, 0) is 19.7 Å². The summed E-state index contributed by atoms with van der Waals surface area (Å²) in [5, 5.41) is 0. The van der Waals surface area contributed by atoms with Crippen LogP contribution in [0.25, 0.3) is 0 Å². The fraction of sp³-hybridized carbons (Fsp3) is 0.360. The van der Waals surface area contributed by atoms with E-state index in [0.717, 1.165) is 16.8 Å². The fourth-order valence-corrected chi connectivity index (χ4v) is 4.24. The Balaban J connectivity index is 2.18. The number of benzene rings is 2. The molecule has 2 aromatic rings. The number of fused-ring (bicyclic) bond motifs is 1. The predicted octanol–water partition coefficient (Wildman–Crippen LogP) is 4.99. The van der Waals surface area contributed by atoms with Crippen LogP contribution in [0.2, 0.25) is 0 Å². The number of rotatable bonds is 5. The van der Waals surface area contributed by atoms with Crippen molar-refractivity contribution in [3.8, 4) is 0 Å². The van der Waals surface area contributed by atoms with Crippen molar-refractivity contribution in [2.24, 2.45) is 0 Å². The second kappa shape index (κ2) is 7.51. The van der Waals surface area contributed by atoms with Gasteiger partial charge in [-0.25, -0.2) is 4.79 Å². The average Bonchev–Trinajstić information content (AvgIpc) is 2.89. The van der Waals surface area contributed by atoms with Crippen molar-refractivity contribution in [3.05, 3.63) is 77.9 Å². The van der Waals surface area contributed by atoms with E-state index in [1.54, 1.807) is 4.90 Å². The van der Waals surface area contributed by atoms with Gasteiger partial charge in [-0.2, -0.15) is 0 Å². The summed E-state index contributed by atoms with van der Waals surface area (Å²) in [6, 6.07) is 17.4. The third-order valence-corrected chi connectivity index (χ3v) is 5.48. The third-order valence-electron chi connectivity index (χ3n) is 5.48. The highest BCUT2D eigenvalue weighted by Gasteiger charge is 2.54. The minimum Gasteiger partial charge on any atom is -0.457 e. The van der Waals surface area contributed by atoms with Crippen LogP contribution in [0.3, 0.4) is 0 Å². The maximum atomic E-state index is 13.7. The van der Waals surface area contributed by atoms with Gasteiger partial charge in [0.25, 0.3) is 0 Å². The monoisotopic (exact) mass is 391 g/mol. The SMILES string of the molecule is C=C(C(=O)OC(C)(C)C)[C@H](c1ccccc1)[C@@]1(C)C(=O)N(CC)c2ccccc21. The standard InChI is InChI=1S/C25H29NO3/c1-7-26-20-16-12-11-15-19(20)25(6,23(26)28)21(18-13-9-8-10-14-18)17(2)22(27)29-24(3,4)5/h8-16,21H,2,7H2,1,3-6H3/t21-,25+/m1/s1. The number of hydrogen-bond donors (Lipinski definition) is 0. The van der Waals surface area contributed by atoms with E-state index in [4.69, 9.17) is 4.74 Å². The number of nitrogens with zero attached hydrogens (tertiary/aromatic N) is 1. The Morgan fingerprint density at radius 1 is 1.10 bits per heavy atom. The minimum atomic E-state index is -0.956. The number of likely N-dealkylation sites (N-methyl/N-ethyl adjacent to an activating group) is 1. The van der Waals surface area contributed by atoms with Crippen LogP contribution in [0.15, 0.2) is 66.7 Å².